The molecule has 0 saturated carbocycles. The Morgan fingerprint density at radius 1 is 1.05 bits per heavy atom. The highest BCUT2D eigenvalue weighted by molar-refractivity contribution is 6.77. The maximum Gasteiger partial charge on any atom is 0.200 e. The molecule has 0 aromatic rings. The van der Waals surface area contributed by atoms with Gasteiger partial charge in [0, 0.05) is 0 Å². The van der Waals surface area contributed by atoms with Gasteiger partial charge in [-0.05, 0) is 22.7 Å². The molecule has 0 bridgehead atoms. The van der Waals surface area contributed by atoms with E-state index in [-0.39, 0.29) is 0 Å². The van der Waals surface area contributed by atoms with Crippen LogP contribution in [0, 0.1) is 0 Å². The molecule has 0 spiro atoms. The van der Waals surface area contributed by atoms with E-state index >= 15 is 0 Å². The summed E-state index contributed by atoms with van der Waals surface area (Å²) in [5, 5.41) is 19.6. The summed E-state index contributed by atoms with van der Waals surface area (Å²) in [6.45, 7) is 13.7. The molecular formula is C15H30O4Si. The molecular weight excluding hydrogens is 272 g/mol. The average Bonchev–Trinajstić information content (AvgIpc) is 2.33. The van der Waals surface area contributed by atoms with Gasteiger partial charge in [0.05, 0.1) is 12.9 Å². The van der Waals surface area contributed by atoms with Crippen molar-refractivity contribution < 1.29 is 19.4 Å². The van der Waals surface area contributed by atoms with Crippen molar-refractivity contribution in [2.45, 2.75) is 76.5 Å². The second kappa shape index (κ2) is 7.07. The fraction of sp³-hybridized carbons (Fsp3) is 0.867. The summed E-state index contributed by atoms with van der Waals surface area (Å²) >= 11 is 0. The van der Waals surface area contributed by atoms with E-state index in [2.05, 4.69) is 41.5 Å². The summed E-state index contributed by atoms with van der Waals surface area (Å²) in [7, 11) is -1.96. The zero-order chi connectivity index (χ0) is 15.5. The van der Waals surface area contributed by atoms with Crippen LogP contribution in [0.15, 0.2) is 12.3 Å². The molecule has 0 aliphatic carbocycles. The molecule has 1 rings (SSSR count). The molecule has 0 radical (unpaired) electrons. The van der Waals surface area contributed by atoms with E-state index in [9.17, 15) is 10.2 Å². The van der Waals surface area contributed by atoms with Gasteiger partial charge in [0.25, 0.3) is 0 Å². The van der Waals surface area contributed by atoms with Crippen molar-refractivity contribution in [3.05, 3.63) is 12.3 Å². The number of aliphatic hydroxyl groups excluding tert-OH is 2. The maximum absolute atomic E-state index is 9.96. The number of ether oxygens (including phenoxy) is 1. The summed E-state index contributed by atoms with van der Waals surface area (Å²) in [6.07, 6.45) is 0.635. The molecule has 0 saturated heterocycles. The Balaban J connectivity index is 2.79. The predicted octanol–water partition coefficient (Wildman–Crippen LogP) is 2.81. The number of rotatable bonds is 6. The fourth-order valence-electron chi connectivity index (χ4n) is 3.51. The van der Waals surface area contributed by atoms with Gasteiger partial charge in [-0.3, -0.25) is 0 Å². The zero-order valence-corrected chi connectivity index (χ0v) is 14.5. The second-order valence-electron chi connectivity index (χ2n) is 6.61. The summed E-state index contributed by atoms with van der Waals surface area (Å²) in [4.78, 5) is 0. The van der Waals surface area contributed by atoms with Gasteiger partial charge in [0.1, 0.15) is 18.3 Å². The highest BCUT2D eigenvalue weighted by Gasteiger charge is 2.46. The van der Waals surface area contributed by atoms with Crippen LogP contribution >= 0.6 is 0 Å². The first-order valence-corrected chi connectivity index (χ1v) is 9.69. The van der Waals surface area contributed by atoms with Gasteiger partial charge in [-0.2, -0.15) is 0 Å². The lowest BCUT2D eigenvalue weighted by Gasteiger charge is -2.43. The molecule has 118 valence electrons. The number of hydrogen-bond acceptors (Lipinski definition) is 4. The van der Waals surface area contributed by atoms with E-state index in [1.165, 1.54) is 12.3 Å². The Bertz CT molecular complexity index is 306. The molecule has 0 unspecified atom stereocenters. The van der Waals surface area contributed by atoms with Gasteiger partial charge >= 0.3 is 0 Å². The van der Waals surface area contributed by atoms with Crippen LogP contribution in [0.3, 0.4) is 0 Å². The Kier molecular flexibility index (Phi) is 6.25. The third-order valence-corrected chi connectivity index (χ3v) is 10.5. The quantitative estimate of drug-likeness (QED) is 0.741. The van der Waals surface area contributed by atoms with Gasteiger partial charge in [-0.15, -0.1) is 0 Å². The van der Waals surface area contributed by atoms with Gasteiger partial charge in [-0.25, -0.2) is 0 Å². The van der Waals surface area contributed by atoms with Gasteiger partial charge < -0.3 is 19.4 Å². The van der Waals surface area contributed by atoms with Crippen LogP contribution in [-0.2, 0) is 9.16 Å². The molecule has 2 N–H and O–H groups in total. The average molecular weight is 302 g/mol. The molecule has 0 aromatic carbocycles. The van der Waals surface area contributed by atoms with Gasteiger partial charge in [0.15, 0.2) is 0 Å². The van der Waals surface area contributed by atoms with E-state index in [0.717, 1.165) is 0 Å². The predicted molar refractivity (Wildman–Crippen MR) is 83.0 cm³/mol. The van der Waals surface area contributed by atoms with Gasteiger partial charge in [-0.1, -0.05) is 41.5 Å². The monoisotopic (exact) mass is 302 g/mol. The molecule has 1 aliphatic heterocycles. The largest absolute Gasteiger partial charge is 0.493 e. The van der Waals surface area contributed by atoms with E-state index in [1.54, 1.807) is 0 Å². The third-order valence-electron chi connectivity index (χ3n) is 4.46. The fourth-order valence-corrected chi connectivity index (χ4v) is 8.96. The standard InChI is InChI=1S/C15H30O4Si/c1-10(2)20(11(3)4,12(5)6)19-9-14-15(17)13(16)7-8-18-14/h7-8,10-17H,9H2,1-6H3/t13-,14+,15+/m0/s1. The summed E-state index contributed by atoms with van der Waals surface area (Å²) in [5.41, 5.74) is 1.47. The molecule has 3 atom stereocenters. The highest BCUT2D eigenvalue weighted by atomic mass is 28.4. The molecule has 0 aromatic heterocycles. The van der Waals surface area contributed by atoms with E-state index in [1.807, 2.05) is 0 Å². The SMILES string of the molecule is CC(C)[Si](OC[C@H]1OC=C[C@H](O)[C@H]1O)(C(C)C)C(C)C. The van der Waals surface area contributed by atoms with Crippen LogP contribution in [0.25, 0.3) is 0 Å². The first-order valence-electron chi connectivity index (χ1n) is 7.55. The minimum absolute atomic E-state index is 0.337. The summed E-state index contributed by atoms with van der Waals surface area (Å²) in [6, 6.07) is 0. The lowest BCUT2D eigenvalue weighted by atomic mass is 10.1. The van der Waals surface area contributed by atoms with Crippen molar-refractivity contribution in [2.75, 3.05) is 6.61 Å². The normalized spacial score (nSPS) is 27.4. The molecule has 0 amide bonds. The first-order chi connectivity index (χ1) is 9.23. The molecule has 5 heteroatoms. The lowest BCUT2D eigenvalue weighted by molar-refractivity contribution is -0.0792. The molecule has 1 aliphatic rings. The van der Waals surface area contributed by atoms with Crippen LogP contribution in [0.1, 0.15) is 41.5 Å². The maximum atomic E-state index is 9.96. The van der Waals surface area contributed by atoms with Crippen LogP contribution in [0.2, 0.25) is 16.6 Å². The van der Waals surface area contributed by atoms with Crippen molar-refractivity contribution in [3.8, 4) is 0 Å². The second-order valence-corrected chi connectivity index (χ2v) is 12.1. The smallest absolute Gasteiger partial charge is 0.200 e. The molecule has 20 heavy (non-hydrogen) atoms. The van der Waals surface area contributed by atoms with Crippen molar-refractivity contribution in [1.29, 1.82) is 0 Å². The Morgan fingerprint density at radius 2 is 1.55 bits per heavy atom. The van der Waals surface area contributed by atoms with Crippen molar-refractivity contribution in [3.63, 3.8) is 0 Å². The Hall–Kier alpha value is -0.363. The Morgan fingerprint density at radius 3 is 2.00 bits per heavy atom. The van der Waals surface area contributed by atoms with E-state index in [4.69, 9.17) is 9.16 Å². The number of hydrogen-bond donors (Lipinski definition) is 2. The van der Waals surface area contributed by atoms with Crippen LogP contribution in [0.4, 0.5) is 0 Å². The zero-order valence-electron chi connectivity index (χ0n) is 13.5. The molecule has 4 nitrogen and oxygen atoms in total. The summed E-state index contributed by atoms with van der Waals surface area (Å²) in [5.74, 6) is 0. The van der Waals surface area contributed by atoms with E-state index < -0.39 is 26.6 Å². The van der Waals surface area contributed by atoms with Crippen LogP contribution in [-0.4, -0.2) is 43.4 Å². The van der Waals surface area contributed by atoms with Crippen LogP contribution < -0.4 is 0 Å². The highest BCUT2D eigenvalue weighted by Crippen LogP contribution is 2.42. The van der Waals surface area contributed by atoms with Crippen molar-refractivity contribution in [1.82, 2.24) is 0 Å². The molecule has 1 heterocycles. The third kappa shape index (κ3) is 3.45. The lowest BCUT2D eigenvalue weighted by Crippen LogP contribution is -2.51. The minimum Gasteiger partial charge on any atom is -0.493 e. The van der Waals surface area contributed by atoms with E-state index in [0.29, 0.717) is 23.2 Å². The molecule has 0 fully saturated rings. The topological polar surface area (TPSA) is 58.9 Å². The Labute approximate surface area is 123 Å². The number of aliphatic hydroxyl groups is 2. The minimum atomic E-state index is -1.96. The van der Waals surface area contributed by atoms with Crippen molar-refractivity contribution >= 4 is 8.32 Å². The summed E-state index contributed by atoms with van der Waals surface area (Å²) < 4.78 is 11.8. The van der Waals surface area contributed by atoms with Crippen LogP contribution in [0.5, 0.6) is 0 Å². The van der Waals surface area contributed by atoms with Crippen molar-refractivity contribution in [2.24, 2.45) is 0 Å². The first kappa shape index (κ1) is 17.7. The van der Waals surface area contributed by atoms with Gasteiger partial charge in [0.2, 0.25) is 8.32 Å².